The molecule has 1 aromatic rings. The van der Waals surface area contributed by atoms with Gasteiger partial charge in [-0.3, -0.25) is 0 Å². The Morgan fingerprint density at radius 3 is 2.56 bits per heavy atom. The molecule has 0 aliphatic carbocycles. The van der Waals surface area contributed by atoms with Crippen molar-refractivity contribution in [1.82, 2.24) is 14.0 Å². The van der Waals surface area contributed by atoms with Crippen LogP contribution in [0.1, 0.15) is 31.5 Å². The topological polar surface area (TPSA) is 41.3 Å². The van der Waals surface area contributed by atoms with Crippen molar-refractivity contribution in [2.45, 2.75) is 43.4 Å². The van der Waals surface area contributed by atoms with E-state index in [2.05, 4.69) is 4.98 Å². The first-order valence-corrected chi connectivity index (χ1v) is 6.08. The Balaban J connectivity index is 1.94. The van der Waals surface area contributed by atoms with Gasteiger partial charge in [0, 0.05) is 44.4 Å². The van der Waals surface area contributed by atoms with Gasteiger partial charge < -0.3 is 9.67 Å². The highest BCUT2D eigenvalue weighted by Crippen LogP contribution is 2.45. The zero-order valence-corrected chi connectivity index (χ0v) is 10.1. The second-order valence-corrected chi connectivity index (χ2v) is 5.42. The highest BCUT2D eigenvalue weighted by Gasteiger charge is 2.49. The quantitative estimate of drug-likeness (QED) is 0.756. The van der Waals surface area contributed by atoms with Gasteiger partial charge in [-0.25, -0.2) is 9.40 Å². The summed E-state index contributed by atoms with van der Waals surface area (Å²) >= 11 is 6.20. The number of hydrogen-bond donors (Lipinski definition) is 1. The molecular weight excluding hydrogens is 226 g/mol. The maximum atomic E-state index is 10.7. The van der Waals surface area contributed by atoms with Crippen LogP contribution in [0.3, 0.4) is 0 Å². The largest absolute Gasteiger partial charge is 0.382 e. The first kappa shape index (κ1) is 10.6. The monoisotopic (exact) mass is 241 g/mol. The Bertz CT molecular complexity index is 392. The van der Waals surface area contributed by atoms with Crippen molar-refractivity contribution >= 4 is 11.8 Å². The predicted octanol–water partition coefficient (Wildman–Crippen LogP) is 1.39. The summed E-state index contributed by atoms with van der Waals surface area (Å²) in [4.78, 5) is 4.28. The molecule has 0 radical (unpaired) electrons. The van der Waals surface area contributed by atoms with Crippen LogP contribution in [0.15, 0.2) is 12.4 Å². The second-order valence-electron chi connectivity index (χ2n) is 5.03. The van der Waals surface area contributed by atoms with Gasteiger partial charge in [0.1, 0.15) is 11.4 Å². The van der Waals surface area contributed by atoms with E-state index >= 15 is 0 Å². The van der Waals surface area contributed by atoms with Gasteiger partial charge >= 0.3 is 0 Å². The maximum Gasteiger partial charge on any atom is 0.140 e. The molecule has 2 aliphatic heterocycles. The summed E-state index contributed by atoms with van der Waals surface area (Å²) in [5.41, 5.74) is -0.796. The smallest absolute Gasteiger partial charge is 0.140 e. The zero-order chi connectivity index (χ0) is 11.3. The van der Waals surface area contributed by atoms with Crippen molar-refractivity contribution in [3.8, 4) is 0 Å². The third-order valence-electron chi connectivity index (χ3n) is 3.91. The zero-order valence-electron chi connectivity index (χ0n) is 9.30. The molecule has 4 nitrogen and oxygen atoms in total. The van der Waals surface area contributed by atoms with Crippen LogP contribution in [0.5, 0.6) is 0 Å². The van der Waals surface area contributed by atoms with Crippen molar-refractivity contribution < 1.29 is 5.11 Å². The van der Waals surface area contributed by atoms with Crippen molar-refractivity contribution in [2.24, 2.45) is 7.05 Å². The van der Waals surface area contributed by atoms with Crippen LogP contribution in [0.4, 0.5) is 0 Å². The van der Waals surface area contributed by atoms with E-state index in [-0.39, 0.29) is 0 Å². The van der Waals surface area contributed by atoms with Crippen LogP contribution in [0.2, 0.25) is 0 Å². The van der Waals surface area contributed by atoms with Gasteiger partial charge in [-0.2, -0.15) is 0 Å². The summed E-state index contributed by atoms with van der Waals surface area (Å²) in [6.45, 7) is 0. The van der Waals surface area contributed by atoms with Gasteiger partial charge in [0.15, 0.2) is 0 Å². The molecule has 2 aliphatic rings. The third-order valence-corrected chi connectivity index (χ3v) is 4.47. The molecule has 1 N–H and O–H groups in total. The van der Waals surface area contributed by atoms with Gasteiger partial charge in [-0.05, 0) is 24.6 Å². The number of aryl methyl sites for hydroxylation is 1. The summed E-state index contributed by atoms with van der Waals surface area (Å²) in [6.07, 6.45) is 7.17. The molecular formula is C11H16ClN3O. The van der Waals surface area contributed by atoms with Crippen LogP contribution in [0, 0.1) is 0 Å². The van der Waals surface area contributed by atoms with E-state index in [1.807, 2.05) is 22.2 Å². The van der Waals surface area contributed by atoms with Crippen LogP contribution in [-0.4, -0.2) is 31.2 Å². The molecule has 0 saturated carbocycles. The minimum absolute atomic E-state index is 0.294. The fourth-order valence-electron chi connectivity index (χ4n) is 3.17. The number of aliphatic hydroxyl groups is 1. The normalized spacial score (nSPS) is 39.2. The van der Waals surface area contributed by atoms with Crippen LogP contribution in [-0.2, 0) is 12.6 Å². The molecule has 2 bridgehead atoms. The summed E-state index contributed by atoms with van der Waals surface area (Å²) in [5, 5.41) is 10.7. The highest BCUT2D eigenvalue weighted by molar-refractivity contribution is 6.14. The number of nitrogens with zero attached hydrogens (tertiary/aromatic N) is 3. The van der Waals surface area contributed by atoms with Crippen LogP contribution in [0.25, 0.3) is 0 Å². The number of rotatable bonds is 1. The fourth-order valence-corrected chi connectivity index (χ4v) is 3.50. The summed E-state index contributed by atoms with van der Waals surface area (Å²) < 4.78 is 3.81. The molecule has 0 amide bonds. The van der Waals surface area contributed by atoms with Gasteiger partial charge in [-0.15, -0.1) is 0 Å². The van der Waals surface area contributed by atoms with E-state index in [1.165, 1.54) is 0 Å². The summed E-state index contributed by atoms with van der Waals surface area (Å²) in [7, 11) is 1.93. The fraction of sp³-hybridized carbons (Fsp3) is 0.727. The Morgan fingerprint density at radius 2 is 2.06 bits per heavy atom. The summed E-state index contributed by atoms with van der Waals surface area (Å²) in [6, 6.07) is 0.587. The third kappa shape index (κ3) is 1.40. The van der Waals surface area contributed by atoms with Crippen molar-refractivity contribution in [3.63, 3.8) is 0 Å². The van der Waals surface area contributed by atoms with Gasteiger partial charge in [0.2, 0.25) is 0 Å². The average molecular weight is 242 g/mol. The van der Waals surface area contributed by atoms with Gasteiger partial charge in [0.25, 0.3) is 0 Å². The molecule has 0 spiro atoms. The Kier molecular flexibility index (Phi) is 2.28. The van der Waals surface area contributed by atoms with Gasteiger partial charge in [-0.1, -0.05) is 0 Å². The number of aromatic nitrogens is 2. The average Bonchev–Trinajstić information content (AvgIpc) is 2.73. The Hall–Kier alpha value is -0.580. The molecule has 2 unspecified atom stereocenters. The molecule has 5 heteroatoms. The number of halogens is 1. The molecule has 88 valence electrons. The molecule has 1 aromatic heterocycles. The minimum atomic E-state index is -0.796. The molecule has 3 rings (SSSR count). The predicted molar refractivity (Wildman–Crippen MR) is 60.8 cm³/mol. The summed E-state index contributed by atoms with van der Waals surface area (Å²) in [5.74, 6) is 0.772. The van der Waals surface area contributed by atoms with E-state index in [1.54, 1.807) is 6.20 Å². The molecule has 2 atom stereocenters. The van der Waals surface area contributed by atoms with Crippen molar-refractivity contribution in [3.05, 3.63) is 18.2 Å². The lowest BCUT2D eigenvalue weighted by atomic mass is 9.86. The van der Waals surface area contributed by atoms with Gasteiger partial charge in [0.05, 0.1) is 0 Å². The van der Waals surface area contributed by atoms with Crippen LogP contribution >= 0.6 is 11.8 Å². The van der Waals surface area contributed by atoms with Crippen molar-refractivity contribution in [2.75, 3.05) is 0 Å². The standard InChI is InChI=1S/C11H16ClN3O/c1-14-5-4-13-10(14)11(16)6-8-2-3-9(7-11)15(8)12/h4-5,8-9,16H,2-3,6-7H2,1H3. The van der Waals surface area contributed by atoms with E-state index in [0.717, 1.165) is 18.7 Å². The van der Waals surface area contributed by atoms with E-state index in [4.69, 9.17) is 11.8 Å². The lowest BCUT2D eigenvalue weighted by Gasteiger charge is -2.39. The molecule has 2 fully saturated rings. The van der Waals surface area contributed by atoms with Crippen LogP contribution < -0.4 is 0 Å². The Labute approximate surface area is 99.9 Å². The Morgan fingerprint density at radius 1 is 1.44 bits per heavy atom. The number of fused-ring (bicyclic) bond motifs is 2. The first-order valence-electron chi connectivity index (χ1n) is 5.74. The number of piperidine rings is 1. The van der Waals surface area contributed by atoms with Crippen molar-refractivity contribution in [1.29, 1.82) is 0 Å². The number of hydrogen-bond acceptors (Lipinski definition) is 3. The SMILES string of the molecule is Cn1ccnc1C1(O)CC2CCC(C1)N2Cl. The molecule has 16 heavy (non-hydrogen) atoms. The molecule has 0 aromatic carbocycles. The van der Waals surface area contributed by atoms with E-state index in [0.29, 0.717) is 24.9 Å². The molecule has 2 saturated heterocycles. The highest BCUT2D eigenvalue weighted by atomic mass is 35.5. The number of imidazole rings is 1. The maximum absolute atomic E-state index is 10.7. The lowest BCUT2D eigenvalue weighted by molar-refractivity contribution is -0.0427. The molecule has 3 heterocycles. The van der Waals surface area contributed by atoms with E-state index < -0.39 is 5.60 Å². The van der Waals surface area contributed by atoms with E-state index in [9.17, 15) is 5.11 Å². The minimum Gasteiger partial charge on any atom is -0.382 e. The lowest BCUT2D eigenvalue weighted by Crippen LogP contribution is -2.46. The first-order chi connectivity index (χ1) is 7.60. The second kappa shape index (κ2) is 3.45.